The molecule has 170 valence electrons. The Morgan fingerprint density at radius 3 is 2.71 bits per heavy atom. The van der Waals surface area contributed by atoms with E-state index in [0.29, 0.717) is 13.1 Å². The van der Waals surface area contributed by atoms with Gasteiger partial charge in [-0.1, -0.05) is 30.3 Å². The highest BCUT2D eigenvalue weighted by molar-refractivity contribution is 14.0. The number of ether oxygens (including phenoxy) is 1. The van der Waals surface area contributed by atoms with Gasteiger partial charge in [0.1, 0.15) is 11.4 Å². The third-order valence-corrected chi connectivity index (χ3v) is 4.82. The normalized spacial score (nSPS) is 16.6. The van der Waals surface area contributed by atoms with Gasteiger partial charge in [-0.25, -0.2) is 9.78 Å². The Morgan fingerprint density at radius 2 is 2.03 bits per heavy atom. The van der Waals surface area contributed by atoms with Gasteiger partial charge in [-0.15, -0.1) is 24.0 Å². The second kappa shape index (κ2) is 11.4. The summed E-state index contributed by atoms with van der Waals surface area (Å²) in [5, 5.41) is 6.35. The van der Waals surface area contributed by atoms with E-state index in [1.807, 2.05) is 51.4 Å². The first-order valence-electron chi connectivity index (χ1n) is 10.3. The van der Waals surface area contributed by atoms with Crippen molar-refractivity contribution in [1.29, 1.82) is 0 Å². The molecule has 0 aliphatic carbocycles. The lowest BCUT2D eigenvalue weighted by Crippen LogP contribution is -2.44. The fraction of sp³-hybridized carbons (Fsp3) is 0.500. The van der Waals surface area contributed by atoms with Gasteiger partial charge in [0.15, 0.2) is 5.96 Å². The van der Waals surface area contributed by atoms with Crippen molar-refractivity contribution in [3.05, 3.63) is 54.1 Å². The number of halogens is 1. The van der Waals surface area contributed by atoms with E-state index < -0.39 is 5.60 Å². The molecule has 1 aromatic carbocycles. The molecule has 1 amide bonds. The van der Waals surface area contributed by atoms with Crippen molar-refractivity contribution in [2.75, 3.05) is 20.1 Å². The first-order valence-corrected chi connectivity index (χ1v) is 10.3. The van der Waals surface area contributed by atoms with Crippen LogP contribution in [0.1, 0.15) is 38.6 Å². The highest BCUT2D eigenvalue weighted by Crippen LogP contribution is 2.12. The van der Waals surface area contributed by atoms with Crippen molar-refractivity contribution >= 4 is 36.0 Å². The molecule has 1 fully saturated rings. The molecule has 8 nitrogen and oxygen atoms in total. The van der Waals surface area contributed by atoms with Crippen molar-refractivity contribution in [3.63, 3.8) is 0 Å². The summed E-state index contributed by atoms with van der Waals surface area (Å²) in [7, 11) is 1.77. The van der Waals surface area contributed by atoms with E-state index in [4.69, 9.17) is 4.74 Å². The predicted octanol–water partition coefficient (Wildman–Crippen LogP) is 3.22. The number of carbonyl (C=O) groups is 1. The van der Waals surface area contributed by atoms with Crippen LogP contribution in [0.3, 0.4) is 0 Å². The Balaban J connectivity index is 0.00000341. The van der Waals surface area contributed by atoms with Crippen LogP contribution in [0.25, 0.3) is 0 Å². The van der Waals surface area contributed by atoms with Gasteiger partial charge in [0.25, 0.3) is 0 Å². The molecule has 1 saturated heterocycles. The van der Waals surface area contributed by atoms with Crippen LogP contribution < -0.4 is 10.6 Å². The van der Waals surface area contributed by atoms with Crippen molar-refractivity contribution < 1.29 is 9.53 Å². The minimum absolute atomic E-state index is 0. The molecule has 0 spiro atoms. The molecule has 31 heavy (non-hydrogen) atoms. The molecule has 0 bridgehead atoms. The Kier molecular flexibility index (Phi) is 9.15. The SMILES string of the molecule is CN=C(NCc1nccn1Cc1ccccc1)N1CCC(NC(=O)OC(C)(C)C)C1.I. The first kappa shape index (κ1) is 25.0. The molecule has 1 unspecified atom stereocenters. The van der Waals surface area contributed by atoms with Crippen molar-refractivity contribution in [2.24, 2.45) is 4.99 Å². The maximum Gasteiger partial charge on any atom is 0.407 e. The lowest BCUT2D eigenvalue weighted by atomic mass is 10.2. The minimum atomic E-state index is -0.498. The van der Waals surface area contributed by atoms with Gasteiger partial charge in [0.2, 0.25) is 0 Å². The number of hydrogen-bond acceptors (Lipinski definition) is 4. The van der Waals surface area contributed by atoms with Crippen LogP contribution >= 0.6 is 24.0 Å². The average Bonchev–Trinajstić information content (AvgIpc) is 3.31. The summed E-state index contributed by atoms with van der Waals surface area (Å²) >= 11 is 0. The van der Waals surface area contributed by atoms with Gasteiger partial charge < -0.3 is 24.8 Å². The van der Waals surface area contributed by atoms with Crippen LogP contribution in [0.4, 0.5) is 4.79 Å². The summed E-state index contributed by atoms with van der Waals surface area (Å²) in [4.78, 5) is 23.1. The number of nitrogens with zero attached hydrogens (tertiary/aromatic N) is 4. The number of guanidine groups is 1. The second-order valence-electron chi connectivity index (χ2n) is 8.44. The maximum atomic E-state index is 12.0. The standard InChI is InChI=1S/C22H32N6O2.HI/c1-22(2,3)30-21(29)26-18-10-12-28(16-18)20(23-4)25-14-19-24-11-13-27(19)15-17-8-6-5-7-9-17;/h5-9,11,13,18H,10,12,14-16H2,1-4H3,(H,23,25)(H,26,29);1H. The van der Waals surface area contributed by atoms with E-state index in [0.717, 1.165) is 31.3 Å². The van der Waals surface area contributed by atoms with Gasteiger partial charge in [0, 0.05) is 39.1 Å². The Labute approximate surface area is 201 Å². The number of hydrogen-bond donors (Lipinski definition) is 2. The molecule has 2 N–H and O–H groups in total. The van der Waals surface area contributed by atoms with Crippen molar-refractivity contribution in [3.8, 4) is 0 Å². The summed E-state index contributed by atoms with van der Waals surface area (Å²) in [6.45, 7) is 8.45. The molecule has 9 heteroatoms. The van der Waals surface area contributed by atoms with Gasteiger partial charge >= 0.3 is 6.09 Å². The van der Waals surface area contributed by atoms with E-state index in [9.17, 15) is 4.79 Å². The van der Waals surface area contributed by atoms with Gasteiger partial charge in [-0.3, -0.25) is 4.99 Å². The first-order chi connectivity index (χ1) is 14.3. The quantitative estimate of drug-likeness (QED) is 0.346. The van der Waals surface area contributed by atoms with Gasteiger partial charge in [-0.05, 0) is 32.8 Å². The van der Waals surface area contributed by atoms with Crippen molar-refractivity contribution in [2.45, 2.75) is 51.9 Å². The van der Waals surface area contributed by atoms with E-state index in [-0.39, 0.29) is 36.1 Å². The highest BCUT2D eigenvalue weighted by atomic mass is 127. The number of rotatable bonds is 5. The summed E-state index contributed by atoms with van der Waals surface area (Å²) in [6, 6.07) is 10.4. The number of aliphatic imine (C=N–C) groups is 1. The van der Waals surface area contributed by atoms with E-state index in [1.165, 1.54) is 5.56 Å². The summed E-state index contributed by atoms with van der Waals surface area (Å²) in [6.07, 6.45) is 4.28. The van der Waals surface area contributed by atoms with Crippen LogP contribution in [0.5, 0.6) is 0 Å². The lowest BCUT2D eigenvalue weighted by Gasteiger charge is -2.23. The molecular weight excluding hydrogens is 507 g/mol. The molecular formula is C22H33IN6O2. The molecule has 2 heterocycles. The largest absolute Gasteiger partial charge is 0.444 e. The zero-order valence-corrected chi connectivity index (χ0v) is 21.0. The molecule has 1 atom stereocenters. The number of amides is 1. The third-order valence-electron chi connectivity index (χ3n) is 4.82. The minimum Gasteiger partial charge on any atom is -0.444 e. The van der Waals surface area contributed by atoms with Crippen LogP contribution in [-0.2, 0) is 17.8 Å². The molecule has 1 aliphatic heterocycles. The number of alkyl carbamates (subject to hydrolysis) is 1. The van der Waals surface area contributed by atoms with Crippen LogP contribution in [0.2, 0.25) is 0 Å². The van der Waals surface area contributed by atoms with E-state index >= 15 is 0 Å². The Morgan fingerprint density at radius 1 is 1.29 bits per heavy atom. The van der Waals surface area contributed by atoms with Gasteiger partial charge in [-0.2, -0.15) is 0 Å². The van der Waals surface area contributed by atoms with E-state index in [1.54, 1.807) is 7.05 Å². The van der Waals surface area contributed by atoms with Crippen LogP contribution in [0, 0.1) is 0 Å². The fourth-order valence-electron chi connectivity index (χ4n) is 3.47. The molecule has 3 rings (SSSR count). The molecule has 0 saturated carbocycles. The van der Waals surface area contributed by atoms with Gasteiger partial charge in [0.05, 0.1) is 12.6 Å². The molecule has 1 aromatic heterocycles. The lowest BCUT2D eigenvalue weighted by molar-refractivity contribution is 0.0507. The topological polar surface area (TPSA) is 83.8 Å². The zero-order valence-electron chi connectivity index (χ0n) is 18.7. The van der Waals surface area contributed by atoms with Crippen molar-refractivity contribution in [1.82, 2.24) is 25.1 Å². The predicted molar refractivity (Wildman–Crippen MR) is 133 cm³/mol. The smallest absolute Gasteiger partial charge is 0.407 e. The van der Waals surface area contributed by atoms with E-state index in [2.05, 4.69) is 42.2 Å². The monoisotopic (exact) mass is 540 g/mol. The molecule has 0 radical (unpaired) electrons. The summed E-state index contributed by atoms with van der Waals surface area (Å²) in [5.41, 5.74) is 0.735. The number of likely N-dealkylation sites (tertiary alicyclic amines) is 1. The Hall–Kier alpha value is -2.30. The van der Waals surface area contributed by atoms with Crippen LogP contribution in [0.15, 0.2) is 47.7 Å². The molecule has 2 aromatic rings. The van der Waals surface area contributed by atoms with Crippen LogP contribution in [-0.4, -0.2) is 58.3 Å². The maximum absolute atomic E-state index is 12.0. The summed E-state index contributed by atoms with van der Waals surface area (Å²) < 4.78 is 7.49. The number of carbonyl (C=O) groups excluding carboxylic acids is 1. The molecule has 1 aliphatic rings. The Bertz CT molecular complexity index is 862. The number of imidazole rings is 1. The fourth-order valence-corrected chi connectivity index (χ4v) is 3.47. The number of aromatic nitrogens is 2. The highest BCUT2D eigenvalue weighted by Gasteiger charge is 2.27. The number of nitrogens with one attached hydrogen (secondary N) is 2. The third kappa shape index (κ3) is 7.71. The average molecular weight is 540 g/mol. The second-order valence-corrected chi connectivity index (χ2v) is 8.44. The number of benzene rings is 1. The zero-order chi connectivity index (χ0) is 21.6. The summed E-state index contributed by atoms with van der Waals surface area (Å²) in [5.74, 6) is 1.75.